The lowest BCUT2D eigenvalue weighted by Gasteiger charge is -1.96. The van der Waals surface area contributed by atoms with E-state index in [9.17, 15) is 0 Å². The maximum atomic E-state index is 4.81. The molecule has 0 spiro atoms. The van der Waals surface area contributed by atoms with Gasteiger partial charge in [-0.25, -0.2) is 0 Å². The van der Waals surface area contributed by atoms with E-state index in [1.807, 2.05) is 36.9 Å². The molecule has 0 aliphatic heterocycles. The lowest BCUT2D eigenvalue weighted by Crippen LogP contribution is -2.00. The Morgan fingerprint density at radius 2 is 2.13 bits per heavy atom. The standard InChI is InChI=1S/C11H9N3S/c15-9-14(11-6-12-8-13-11)7-10-4-2-1-3-5-10/h1-8H,(H,12,13)/q+1. The Hall–Kier alpha value is -1.77. The van der Waals surface area contributed by atoms with Crippen molar-refractivity contribution < 1.29 is 4.58 Å². The molecule has 4 heteroatoms. The first-order valence-corrected chi connectivity index (χ1v) is 4.86. The molecule has 1 radical (unpaired) electrons. The fourth-order valence-corrected chi connectivity index (χ4v) is 1.36. The number of hydrogen-bond acceptors (Lipinski definition) is 2. The highest BCUT2D eigenvalue weighted by Gasteiger charge is 2.11. The van der Waals surface area contributed by atoms with Crippen molar-refractivity contribution in [3.05, 3.63) is 55.0 Å². The van der Waals surface area contributed by atoms with Crippen molar-refractivity contribution >= 4 is 23.2 Å². The molecule has 0 amide bonds. The SMILES string of the molecule is S=C=[N+]([CH]c1ccccc1)c1c[nH]cn1. The average Bonchev–Trinajstić information content (AvgIpc) is 2.81. The number of benzene rings is 1. The molecule has 0 aliphatic carbocycles. The summed E-state index contributed by atoms with van der Waals surface area (Å²) >= 11 is 4.81. The van der Waals surface area contributed by atoms with Gasteiger partial charge in [-0.05, 0) is 4.98 Å². The predicted molar refractivity (Wildman–Crippen MR) is 61.0 cm³/mol. The first-order valence-electron chi connectivity index (χ1n) is 4.46. The van der Waals surface area contributed by atoms with E-state index in [-0.39, 0.29) is 0 Å². The van der Waals surface area contributed by atoms with Crippen LogP contribution in [0.15, 0.2) is 42.9 Å². The van der Waals surface area contributed by atoms with Gasteiger partial charge in [0.05, 0.1) is 6.20 Å². The molecule has 73 valence electrons. The van der Waals surface area contributed by atoms with Crippen LogP contribution in [-0.2, 0) is 0 Å². The van der Waals surface area contributed by atoms with Gasteiger partial charge in [0.1, 0.15) is 0 Å². The average molecular weight is 215 g/mol. The van der Waals surface area contributed by atoms with Crippen molar-refractivity contribution in [3.63, 3.8) is 0 Å². The van der Waals surface area contributed by atoms with Crippen LogP contribution >= 0.6 is 12.2 Å². The summed E-state index contributed by atoms with van der Waals surface area (Å²) in [7, 11) is 0. The fourth-order valence-electron chi connectivity index (χ4n) is 1.21. The molecular weight excluding hydrogens is 206 g/mol. The second-order valence-electron chi connectivity index (χ2n) is 2.93. The number of nitrogens with zero attached hydrogens (tertiary/aromatic N) is 2. The quantitative estimate of drug-likeness (QED) is 0.484. The van der Waals surface area contributed by atoms with Gasteiger partial charge in [-0.3, -0.25) is 0 Å². The molecule has 3 nitrogen and oxygen atoms in total. The molecule has 0 fully saturated rings. The van der Waals surface area contributed by atoms with Gasteiger partial charge in [-0.15, -0.1) is 0 Å². The Kier molecular flexibility index (Phi) is 3.02. The molecule has 1 aromatic carbocycles. The van der Waals surface area contributed by atoms with Crippen molar-refractivity contribution in [1.82, 2.24) is 9.97 Å². The van der Waals surface area contributed by atoms with Crippen LogP contribution in [0.25, 0.3) is 0 Å². The predicted octanol–water partition coefficient (Wildman–Crippen LogP) is 2.37. The normalized spacial score (nSPS) is 9.60. The van der Waals surface area contributed by atoms with Gasteiger partial charge >= 0.3 is 5.82 Å². The maximum Gasteiger partial charge on any atom is 0.350 e. The Balaban J connectivity index is 2.22. The molecule has 1 heterocycles. The number of rotatable bonds is 3. The first kappa shape index (κ1) is 9.77. The third-order valence-corrected chi connectivity index (χ3v) is 2.10. The van der Waals surface area contributed by atoms with Crippen molar-refractivity contribution in [1.29, 1.82) is 0 Å². The minimum Gasteiger partial charge on any atom is -0.325 e. The summed E-state index contributed by atoms with van der Waals surface area (Å²) in [6, 6.07) is 9.89. The number of aromatic amines is 1. The molecule has 0 saturated heterocycles. The minimum absolute atomic E-state index is 0.730. The molecule has 0 aliphatic rings. The molecular formula is C11H9N3S+. The van der Waals surface area contributed by atoms with Gasteiger partial charge in [-0.1, -0.05) is 30.3 Å². The highest BCUT2D eigenvalue weighted by atomic mass is 32.1. The van der Waals surface area contributed by atoms with E-state index in [2.05, 4.69) is 15.1 Å². The number of thiocarbonyl (C=S) groups is 1. The molecule has 2 rings (SSSR count). The Bertz CT molecular complexity index is 470. The third-order valence-electron chi connectivity index (χ3n) is 1.91. The van der Waals surface area contributed by atoms with Gasteiger partial charge in [0.2, 0.25) is 6.33 Å². The van der Waals surface area contributed by atoms with Crippen LogP contribution in [0.5, 0.6) is 0 Å². The van der Waals surface area contributed by atoms with Crippen molar-refractivity contribution in [2.75, 3.05) is 0 Å². The number of imidazole rings is 1. The molecule has 15 heavy (non-hydrogen) atoms. The molecule has 0 atom stereocenters. The number of hydrogen-bond donors (Lipinski definition) is 1. The zero-order valence-electron chi connectivity index (χ0n) is 7.92. The molecule has 1 N–H and O–H groups in total. The van der Waals surface area contributed by atoms with Gasteiger partial charge in [-0.2, -0.15) is 4.58 Å². The van der Waals surface area contributed by atoms with E-state index in [4.69, 9.17) is 12.2 Å². The molecule has 0 saturated carbocycles. The molecule has 0 bridgehead atoms. The van der Waals surface area contributed by atoms with Crippen molar-refractivity contribution in [3.8, 4) is 0 Å². The minimum atomic E-state index is 0.730. The summed E-state index contributed by atoms with van der Waals surface area (Å²) in [5.41, 5.74) is 1.05. The van der Waals surface area contributed by atoms with Crippen LogP contribution in [-0.4, -0.2) is 19.7 Å². The van der Waals surface area contributed by atoms with E-state index in [0.29, 0.717) is 0 Å². The van der Waals surface area contributed by atoms with Gasteiger partial charge in [0, 0.05) is 17.8 Å². The van der Waals surface area contributed by atoms with Crippen LogP contribution in [0.4, 0.5) is 5.82 Å². The van der Waals surface area contributed by atoms with E-state index in [1.54, 1.807) is 17.1 Å². The monoisotopic (exact) mass is 215 g/mol. The summed E-state index contributed by atoms with van der Waals surface area (Å²) < 4.78 is 1.67. The zero-order chi connectivity index (χ0) is 10.5. The number of isothiocyanates is 1. The van der Waals surface area contributed by atoms with E-state index >= 15 is 0 Å². The van der Waals surface area contributed by atoms with Gasteiger partial charge in [0.15, 0.2) is 11.7 Å². The van der Waals surface area contributed by atoms with Gasteiger partial charge in [0.25, 0.3) is 0 Å². The third kappa shape index (κ3) is 2.37. The van der Waals surface area contributed by atoms with Gasteiger partial charge < -0.3 is 4.98 Å². The van der Waals surface area contributed by atoms with E-state index in [1.165, 1.54) is 0 Å². The summed E-state index contributed by atoms with van der Waals surface area (Å²) in [4.78, 5) is 6.96. The Labute approximate surface area is 93.1 Å². The van der Waals surface area contributed by atoms with Crippen LogP contribution in [0.1, 0.15) is 5.56 Å². The van der Waals surface area contributed by atoms with E-state index < -0.39 is 0 Å². The number of nitrogens with one attached hydrogen (secondary N) is 1. The molecule has 2 aromatic rings. The number of H-pyrrole nitrogens is 1. The molecule has 1 aromatic heterocycles. The fraction of sp³-hybridized carbons (Fsp3) is 0. The first-order chi connectivity index (χ1) is 7.40. The zero-order valence-corrected chi connectivity index (χ0v) is 8.74. The van der Waals surface area contributed by atoms with Crippen LogP contribution in [0.3, 0.4) is 0 Å². The number of aromatic nitrogens is 2. The van der Waals surface area contributed by atoms with Crippen molar-refractivity contribution in [2.45, 2.75) is 0 Å². The highest BCUT2D eigenvalue weighted by Crippen LogP contribution is 2.10. The summed E-state index contributed by atoms with van der Waals surface area (Å²) in [5.74, 6) is 0.730. The summed E-state index contributed by atoms with van der Waals surface area (Å²) in [5, 5.41) is 2.63. The van der Waals surface area contributed by atoms with Crippen LogP contribution in [0.2, 0.25) is 0 Å². The Morgan fingerprint density at radius 1 is 1.33 bits per heavy atom. The van der Waals surface area contributed by atoms with Crippen LogP contribution < -0.4 is 0 Å². The lowest BCUT2D eigenvalue weighted by molar-refractivity contribution is -0.383. The topological polar surface area (TPSA) is 31.7 Å². The summed E-state index contributed by atoms with van der Waals surface area (Å²) in [6.07, 6.45) is 3.37. The smallest absolute Gasteiger partial charge is 0.325 e. The second kappa shape index (κ2) is 4.64. The van der Waals surface area contributed by atoms with Crippen molar-refractivity contribution in [2.24, 2.45) is 0 Å². The second-order valence-corrected chi connectivity index (χ2v) is 3.11. The maximum absolute atomic E-state index is 4.81. The lowest BCUT2D eigenvalue weighted by atomic mass is 10.2. The van der Waals surface area contributed by atoms with E-state index in [0.717, 1.165) is 11.4 Å². The van der Waals surface area contributed by atoms with Crippen LogP contribution in [0, 0.1) is 6.54 Å². The highest BCUT2D eigenvalue weighted by molar-refractivity contribution is 7.78. The summed E-state index contributed by atoms with van der Waals surface area (Å²) in [6.45, 7) is 1.88. The largest absolute Gasteiger partial charge is 0.350 e. The Morgan fingerprint density at radius 3 is 2.73 bits per heavy atom. The molecule has 0 unspecified atom stereocenters.